The third-order valence-electron chi connectivity index (χ3n) is 9.84. The van der Waals surface area contributed by atoms with Crippen molar-refractivity contribution in [3.05, 3.63) is 72.9 Å². The van der Waals surface area contributed by atoms with Crippen LogP contribution in [0.25, 0.3) is 0 Å². The Morgan fingerprint density at radius 3 is 1.46 bits per heavy atom. The van der Waals surface area contributed by atoms with E-state index in [2.05, 4.69) is 86.8 Å². The average molecular weight is 855 g/mol. The fourth-order valence-electron chi connectivity index (χ4n) is 6.31. The summed E-state index contributed by atoms with van der Waals surface area (Å²) in [4.78, 5) is 23.1. The lowest BCUT2D eigenvalue weighted by Crippen LogP contribution is -2.64. The summed E-state index contributed by atoms with van der Waals surface area (Å²) in [5, 5.41) is 50.1. The van der Waals surface area contributed by atoms with Crippen molar-refractivity contribution >= 4 is 13.8 Å². The van der Waals surface area contributed by atoms with Gasteiger partial charge in [0.15, 0.2) is 0 Å². The summed E-state index contributed by atoms with van der Waals surface area (Å²) in [5.41, 5.74) is 0. The molecule has 13 heteroatoms. The van der Waals surface area contributed by atoms with E-state index in [4.69, 9.17) is 18.5 Å². The van der Waals surface area contributed by atoms with Crippen LogP contribution in [0.3, 0.4) is 0 Å². The zero-order chi connectivity index (χ0) is 43.4. The molecule has 0 spiro atoms. The Morgan fingerprint density at radius 2 is 0.983 bits per heavy atom. The number of allylic oxidation sites excluding steroid dienone is 12. The number of carbonyl (C=O) groups excluding carboxylic acids is 1. The number of rotatable bonds is 36. The number of phosphoric acid groups is 1. The van der Waals surface area contributed by atoms with E-state index in [-0.39, 0.29) is 13.0 Å². The van der Waals surface area contributed by atoms with Crippen LogP contribution in [0.15, 0.2) is 72.9 Å². The molecule has 0 radical (unpaired) electrons. The summed E-state index contributed by atoms with van der Waals surface area (Å²) in [6.45, 7) is 3.98. The van der Waals surface area contributed by atoms with Gasteiger partial charge < -0.3 is 39.9 Å². The highest BCUT2D eigenvalue weighted by atomic mass is 31.2. The van der Waals surface area contributed by atoms with E-state index >= 15 is 0 Å². The summed E-state index contributed by atoms with van der Waals surface area (Å²) in [6, 6.07) is 0. The summed E-state index contributed by atoms with van der Waals surface area (Å²) in [5.74, 6) is -0.501. The molecule has 59 heavy (non-hydrogen) atoms. The fraction of sp³-hybridized carbons (Fsp3) is 0.717. The Kier molecular flexibility index (Phi) is 33.8. The quantitative estimate of drug-likeness (QED) is 0.0152. The maximum atomic E-state index is 12.8. The first-order valence-corrected chi connectivity index (χ1v) is 23.8. The molecule has 6 atom stereocenters. The van der Waals surface area contributed by atoms with E-state index < -0.39 is 63.1 Å². The molecule has 0 saturated heterocycles. The first-order valence-electron chi connectivity index (χ1n) is 22.3. The van der Waals surface area contributed by atoms with Crippen LogP contribution in [-0.4, -0.2) is 98.9 Å². The van der Waals surface area contributed by atoms with Gasteiger partial charge in [-0.1, -0.05) is 157 Å². The van der Waals surface area contributed by atoms with E-state index in [1.54, 1.807) is 0 Å². The molecule has 1 fully saturated rings. The monoisotopic (exact) mass is 855 g/mol. The predicted molar refractivity (Wildman–Crippen MR) is 235 cm³/mol. The molecule has 12 nitrogen and oxygen atoms in total. The first kappa shape index (κ1) is 54.8. The van der Waals surface area contributed by atoms with Gasteiger partial charge in [0.05, 0.1) is 13.2 Å². The minimum absolute atomic E-state index is 0.119. The van der Waals surface area contributed by atoms with Crippen LogP contribution >= 0.6 is 7.82 Å². The van der Waals surface area contributed by atoms with E-state index in [9.17, 15) is 39.8 Å². The van der Waals surface area contributed by atoms with Gasteiger partial charge in [0.25, 0.3) is 0 Å². The van der Waals surface area contributed by atoms with Crippen LogP contribution in [0.1, 0.15) is 149 Å². The summed E-state index contributed by atoms with van der Waals surface area (Å²) >= 11 is 0. The van der Waals surface area contributed by atoms with Gasteiger partial charge in [-0.05, 0) is 57.8 Å². The lowest BCUT2D eigenvalue weighted by atomic mass is 9.85. The molecular formula is C46H79O12P. The van der Waals surface area contributed by atoms with Crippen LogP contribution in [0.4, 0.5) is 0 Å². The van der Waals surface area contributed by atoms with Gasteiger partial charge >= 0.3 is 13.8 Å². The number of aliphatic hydroxyl groups is 5. The molecule has 1 aliphatic carbocycles. The van der Waals surface area contributed by atoms with E-state index in [0.717, 1.165) is 64.2 Å². The van der Waals surface area contributed by atoms with Crippen LogP contribution in [0.5, 0.6) is 0 Å². The summed E-state index contributed by atoms with van der Waals surface area (Å²) in [6.07, 6.45) is 34.1. The number of carbonyl (C=O) groups is 1. The number of unbranched alkanes of at least 4 members (excludes halogenated alkanes) is 12. The van der Waals surface area contributed by atoms with Crippen LogP contribution in [0, 0.1) is 0 Å². The van der Waals surface area contributed by atoms with Crippen LogP contribution in [0.2, 0.25) is 0 Å². The smallest absolute Gasteiger partial charge is 0.457 e. The first-order chi connectivity index (χ1) is 28.5. The second-order valence-corrected chi connectivity index (χ2v) is 16.6. The van der Waals surface area contributed by atoms with Crippen molar-refractivity contribution in [2.45, 2.75) is 191 Å². The molecule has 1 aliphatic rings. The minimum atomic E-state index is -5.03. The highest BCUT2D eigenvalue weighted by Gasteiger charge is 2.51. The van der Waals surface area contributed by atoms with Gasteiger partial charge in [-0.3, -0.25) is 13.8 Å². The second-order valence-electron chi connectivity index (χ2n) is 15.2. The number of ether oxygens (including phenoxy) is 2. The van der Waals surface area contributed by atoms with Crippen molar-refractivity contribution in [1.82, 2.24) is 0 Å². The number of phosphoric ester groups is 1. The van der Waals surface area contributed by atoms with Gasteiger partial charge in [0.1, 0.15) is 42.7 Å². The molecule has 0 aromatic rings. The van der Waals surface area contributed by atoms with Crippen LogP contribution in [-0.2, 0) is 27.9 Å². The molecule has 0 aliphatic heterocycles. The molecule has 0 aromatic heterocycles. The van der Waals surface area contributed by atoms with E-state index in [0.29, 0.717) is 19.4 Å². The van der Waals surface area contributed by atoms with Gasteiger partial charge in [0, 0.05) is 13.0 Å². The maximum absolute atomic E-state index is 12.8. The molecule has 1 rings (SSSR count). The minimum Gasteiger partial charge on any atom is -0.457 e. The largest absolute Gasteiger partial charge is 0.472 e. The molecule has 6 N–H and O–H groups in total. The summed E-state index contributed by atoms with van der Waals surface area (Å²) in [7, 11) is -5.03. The highest BCUT2D eigenvalue weighted by Crippen LogP contribution is 2.47. The second kappa shape index (κ2) is 36.4. The fourth-order valence-corrected chi connectivity index (χ4v) is 7.28. The van der Waals surface area contributed by atoms with Crippen molar-refractivity contribution in [2.75, 3.05) is 19.8 Å². The van der Waals surface area contributed by atoms with E-state index in [1.165, 1.54) is 51.4 Å². The molecule has 340 valence electrons. The Hall–Kier alpha value is -2.22. The molecular weight excluding hydrogens is 775 g/mol. The zero-order valence-electron chi connectivity index (χ0n) is 36.0. The number of hydrogen-bond donors (Lipinski definition) is 6. The molecule has 0 aromatic carbocycles. The standard InChI is InChI=1S/C46H79O12P/c1-3-5-7-9-11-13-15-17-18-19-20-21-22-23-24-26-28-30-32-34-36-55-37-39(57-40(47)35-33-31-29-27-25-16-14-12-10-8-6-4-2)38-56-59(53,54)58-46-44(51)42(49)41(48)43(50)45(46)52/h5,7,11,13,17-18,20-21,23-24,28,30,39,41-46,48-52H,3-4,6,8-10,12,14-16,19,22,25-27,29,31-38H2,1-2H3,(H,53,54)/b7-5-,13-11-,18-17-,21-20-,24-23-,30-28-. The maximum Gasteiger partial charge on any atom is 0.472 e. The number of hydrogen-bond acceptors (Lipinski definition) is 11. The average Bonchev–Trinajstić information content (AvgIpc) is 3.22. The Labute approximate surface area is 355 Å². The third kappa shape index (κ3) is 28.9. The van der Waals surface area contributed by atoms with Gasteiger partial charge in [-0.15, -0.1) is 0 Å². The molecule has 0 heterocycles. The lowest BCUT2D eigenvalue weighted by Gasteiger charge is -2.41. The Balaban J connectivity index is 2.46. The highest BCUT2D eigenvalue weighted by molar-refractivity contribution is 7.47. The van der Waals surface area contributed by atoms with Gasteiger partial charge in [-0.2, -0.15) is 0 Å². The number of esters is 1. The van der Waals surface area contributed by atoms with Crippen LogP contribution < -0.4 is 0 Å². The Morgan fingerprint density at radius 1 is 0.559 bits per heavy atom. The Bertz CT molecular complexity index is 1250. The van der Waals surface area contributed by atoms with Crippen molar-refractivity contribution < 1.29 is 58.3 Å². The third-order valence-corrected chi connectivity index (χ3v) is 10.8. The predicted octanol–water partition coefficient (Wildman–Crippen LogP) is 8.80. The normalized spacial score (nSPS) is 23.2. The topological polar surface area (TPSA) is 192 Å². The van der Waals surface area contributed by atoms with Gasteiger partial charge in [0.2, 0.25) is 0 Å². The number of aliphatic hydroxyl groups excluding tert-OH is 5. The van der Waals surface area contributed by atoms with Crippen molar-refractivity contribution in [3.8, 4) is 0 Å². The van der Waals surface area contributed by atoms with Crippen molar-refractivity contribution in [3.63, 3.8) is 0 Å². The van der Waals surface area contributed by atoms with Gasteiger partial charge in [-0.25, -0.2) is 4.57 Å². The van der Waals surface area contributed by atoms with Crippen molar-refractivity contribution in [2.24, 2.45) is 0 Å². The molecule has 0 amide bonds. The molecule has 6 unspecified atom stereocenters. The molecule has 1 saturated carbocycles. The molecule has 0 bridgehead atoms. The lowest BCUT2D eigenvalue weighted by molar-refractivity contribution is -0.220. The SMILES string of the molecule is CC/C=C\C/C=C\C/C=C\C/C=C\C/C=C\C/C=C\CCCOCC(COP(=O)(O)OC1C(O)C(O)C(O)C(O)C1O)OC(=O)CCCCCCCCCCCCCC. The van der Waals surface area contributed by atoms with E-state index in [1.807, 2.05) is 0 Å². The summed E-state index contributed by atoms with van der Waals surface area (Å²) < 4.78 is 34.0. The zero-order valence-corrected chi connectivity index (χ0v) is 36.9. The van der Waals surface area contributed by atoms with Crippen molar-refractivity contribution in [1.29, 1.82) is 0 Å².